The van der Waals surface area contributed by atoms with Crippen LogP contribution in [0, 0.1) is 0 Å². The summed E-state index contributed by atoms with van der Waals surface area (Å²) in [5, 5.41) is 3.51. The van der Waals surface area contributed by atoms with Crippen LogP contribution in [0.5, 0.6) is 0 Å². The van der Waals surface area contributed by atoms with Gasteiger partial charge < -0.3 is 10.2 Å². The van der Waals surface area contributed by atoms with Crippen molar-refractivity contribution < 1.29 is 4.79 Å². The molecule has 0 aliphatic carbocycles. The first-order chi connectivity index (χ1) is 6.83. The van der Waals surface area contributed by atoms with Crippen LogP contribution in [0.1, 0.15) is 39.0 Å². The molecular weight excluding hydrogens is 176 g/mol. The lowest BCUT2D eigenvalue weighted by atomic mass is 10.0. The lowest BCUT2D eigenvalue weighted by Gasteiger charge is -2.29. The highest BCUT2D eigenvalue weighted by molar-refractivity contribution is 5.76. The molecular formula is C11H20N2O. The minimum atomic E-state index is 0.334. The Bertz CT molecular complexity index is 211. The van der Waals surface area contributed by atoms with Gasteiger partial charge in [0.25, 0.3) is 0 Å². The van der Waals surface area contributed by atoms with Gasteiger partial charge >= 0.3 is 0 Å². The molecule has 2 rings (SSSR count). The van der Waals surface area contributed by atoms with Crippen LogP contribution in [0.3, 0.4) is 0 Å². The molecule has 14 heavy (non-hydrogen) atoms. The molecule has 80 valence electrons. The van der Waals surface area contributed by atoms with Gasteiger partial charge in [0, 0.05) is 25.0 Å². The van der Waals surface area contributed by atoms with Crippen LogP contribution in [0.25, 0.3) is 0 Å². The van der Waals surface area contributed by atoms with E-state index in [2.05, 4.69) is 10.2 Å². The Morgan fingerprint density at radius 2 is 2.29 bits per heavy atom. The quantitative estimate of drug-likeness (QED) is 0.718. The standard InChI is InChI=1S/C11H20N2O/c1-2-11(14)13-8-4-6-10(13)9-5-3-7-12-9/h9-10,12H,2-8H2,1H3/t9-,10+/m1/s1. The normalized spacial score (nSPS) is 32.5. The molecule has 3 heteroatoms. The highest BCUT2D eigenvalue weighted by Crippen LogP contribution is 2.25. The number of hydrogen-bond acceptors (Lipinski definition) is 2. The van der Waals surface area contributed by atoms with Gasteiger partial charge in [-0.2, -0.15) is 0 Å². The van der Waals surface area contributed by atoms with E-state index >= 15 is 0 Å². The van der Waals surface area contributed by atoms with Crippen molar-refractivity contribution >= 4 is 5.91 Å². The van der Waals surface area contributed by atoms with Crippen molar-refractivity contribution in [1.82, 2.24) is 10.2 Å². The Balaban J connectivity index is 1.98. The van der Waals surface area contributed by atoms with Crippen molar-refractivity contribution in [2.75, 3.05) is 13.1 Å². The van der Waals surface area contributed by atoms with E-state index in [1.165, 1.54) is 25.7 Å². The molecule has 0 unspecified atom stereocenters. The highest BCUT2D eigenvalue weighted by Gasteiger charge is 2.34. The molecule has 0 radical (unpaired) electrons. The predicted molar refractivity (Wildman–Crippen MR) is 56.1 cm³/mol. The maximum Gasteiger partial charge on any atom is 0.222 e. The summed E-state index contributed by atoms with van der Waals surface area (Å²) >= 11 is 0. The molecule has 0 aromatic heterocycles. The molecule has 0 spiro atoms. The topological polar surface area (TPSA) is 32.3 Å². The van der Waals surface area contributed by atoms with Crippen LogP contribution in [0.4, 0.5) is 0 Å². The van der Waals surface area contributed by atoms with Gasteiger partial charge in [-0.15, -0.1) is 0 Å². The maximum atomic E-state index is 11.7. The fourth-order valence-electron chi connectivity index (χ4n) is 2.76. The van der Waals surface area contributed by atoms with Crippen molar-refractivity contribution in [2.45, 2.75) is 51.1 Å². The van der Waals surface area contributed by atoms with Gasteiger partial charge in [0.05, 0.1) is 0 Å². The van der Waals surface area contributed by atoms with Crippen molar-refractivity contribution in [2.24, 2.45) is 0 Å². The first-order valence-corrected chi connectivity index (χ1v) is 5.85. The monoisotopic (exact) mass is 196 g/mol. The minimum absolute atomic E-state index is 0.334. The third-order valence-corrected chi connectivity index (χ3v) is 3.48. The van der Waals surface area contributed by atoms with E-state index in [9.17, 15) is 4.79 Å². The Kier molecular flexibility index (Phi) is 3.06. The molecule has 0 aromatic carbocycles. The van der Waals surface area contributed by atoms with Crippen molar-refractivity contribution in [3.63, 3.8) is 0 Å². The van der Waals surface area contributed by atoms with Crippen LogP contribution >= 0.6 is 0 Å². The van der Waals surface area contributed by atoms with Gasteiger partial charge in [0.2, 0.25) is 5.91 Å². The van der Waals surface area contributed by atoms with E-state index in [-0.39, 0.29) is 0 Å². The highest BCUT2D eigenvalue weighted by atomic mass is 16.2. The summed E-state index contributed by atoms with van der Waals surface area (Å²) in [5.41, 5.74) is 0. The lowest BCUT2D eigenvalue weighted by Crippen LogP contribution is -2.46. The van der Waals surface area contributed by atoms with E-state index in [1.807, 2.05) is 6.92 Å². The fraction of sp³-hybridized carbons (Fsp3) is 0.909. The molecule has 0 bridgehead atoms. The summed E-state index contributed by atoms with van der Waals surface area (Å²) < 4.78 is 0. The Labute approximate surface area is 85.8 Å². The average Bonchev–Trinajstić information content (AvgIpc) is 2.85. The summed E-state index contributed by atoms with van der Waals surface area (Å²) in [6.45, 7) is 4.07. The van der Waals surface area contributed by atoms with E-state index in [1.54, 1.807) is 0 Å². The summed E-state index contributed by atoms with van der Waals surface area (Å²) in [5.74, 6) is 0.334. The Morgan fingerprint density at radius 3 is 2.93 bits per heavy atom. The van der Waals surface area contributed by atoms with Crippen LogP contribution < -0.4 is 5.32 Å². The zero-order valence-electron chi connectivity index (χ0n) is 8.96. The fourth-order valence-corrected chi connectivity index (χ4v) is 2.76. The zero-order chi connectivity index (χ0) is 9.97. The molecule has 3 nitrogen and oxygen atoms in total. The van der Waals surface area contributed by atoms with Crippen LogP contribution in [-0.4, -0.2) is 36.0 Å². The number of likely N-dealkylation sites (tertiary alicyclic amines) is 1. The lowest BCUT2D eigenvalue weighted by molar-refractivity contribution is -0.132. The van der Waals surface area contributed by atoms with E-state index in [0.717, 1.165) is 13.1 Å². The van der Waals surface area contributed by atoms with Gasteiger partial charge in [-0.25, -0.2) is 0 Å². The molecule has 2 fully saturated rings. The van der Waals surface area contributed by atoms with Gasteiger partial charge in [0.1, 0.15) is 0 Å². The second-order valence-electron chi connectivity index (χ2n) is 4.35. The Hall–Kier alpha value is -0.570. The van der Waals surface area contributed by atoms with E-state index in [4.69, 9.17) is 0 Å². The molecule has 0 aromatic rings. The smallest absolute Gasteiger partial charge is 0.222 e. The largest absolute Gasteiger partial charge is 0.338 e. The Morgan fingerprint density at radius 1 is 1.43 bits per heavy atom. The number of rotatable bonds is 2. The average molecular weight is 196 g/mol. The van der Waals surface area contributed by atoms with Gasteiger partial charge in [0.15, 0.2) is 0 Å². The summed E-state index contributed by atoms with van der Waals surface area (Å²) in [4.78, 5) is 13.8. The molecule has 2 aliphatic heterocycles. The summed E-state index contributed by atoms with van der Waals surface area (Å²) in [6.07, 6.45) is 5.56. The molecule has 0 saturated carbocycles. The minimum Gasteiger partial charge on any atom is -0.338 e. The SMILES string of the molecule is CCC(=O)N1CCC[C@H]1[C@H]1CCCN1. The van der Waals surface area contributed by atoms with Crippen LogP contribution in [0.15, 0.2) is 0 Å². The number of nitrogens with one attached hydrogen (secondary N) is 1. The molecule has 2 aliphatic rings. The van der Waals surface area contributed by atoms with Crippen molar-refractivity contribution in [1.29, 1.82) is 0 Å². The van der Waals surface area contributed by atoms with E-state index < -0.39 is 0 Å². The van der Waals surface area contributed by atoms with E-state index in [0.29, 0.717) is 24.4 Å². The summed E-state index contributed by atoms with van der Waals surface area (Å²) in [6, 6.07) is 1.07. The first kappa shape index (κ1) is 9.97. The molecule has 2 heterocycles. The molecule has 2 saturated heterocycles. The second kappa shape index (κ2) is 4.30. The molecule has 1 amide bonds. The number of amides is 1. The first-order valence-electron chi connectivity index (χ1n) is 5.85. The van der Waals surface area contributed by atoms with Crippen LogP contribution in [0.2, 0.25) is 0 Å². The number of carbonyl (C=O) groups is 1. The number of nitrogens with zero attached hydrogens (tertiary/aromatic N) is 1. The predicted octanol–water partition coefficient (Wildman–Crippen LogP) is 1.14. The third kappa shape index (κ3) is 1.78. The number of carbonyl (C=O) groups excluding carboxylic acids is 1. The van der Waals surface area contributed by atoms with Gasteiger partial charge in [-0.1, -0.05) is 6.92 Å². The third-order valence-electron chi connectivity index (χ3n) is 3.48. The second-order valence-corrected chi connectivity index (χ2v) is 4.35. The zero-order valence-corrected chi connectivity index (χ0v) is 8.96. The molecule has 1 N–H and O–H groups in total. The van der Waals surface area contributed by atoms with Gasteiger partial charge in [-0.05, 0) is 32.2 Å². The van der Waals surface area contributed by atoms with Crippen LogP contribution in [-0.2, 0) is 4.79 Å². The van der Waals surface area contributed by atoms with Crippen molar-refractivity contribution in [3.05, 3.63) is 0 Å². The summed E-state index contributed by atoms with van der Waals surface area (Å²) in [7, 11) is 0. The van der Waals surface area contributed by atoms with Gasteiger partial charge in [-0.3, -0.25) is 4.79 Å². The maximum absolute atomic E-state index is 11.7. The number of hydrogen-bond donors (Lipinski definition) is 1. The van der Waals surface area contributed by atoms with Crippen molar-refractivity contribution in [3.8, 4) is 0 Å². The molecule has 2 atom stereocenters.